The third-order valence-electron chi connectivity index (χ3n) is 7.36. The zero-order chi connectivity index (χ0) is 28.8. The highest BCUT2D eigenvalue weighted by Crippen LogP contribution is 2.43. The Morgan fingerprint density at radius 2 is 1.77 bits per heavy atom. The molecule has 0 saturated carbocycles. The Balaban J connectivity index is 1.77. The molecule has 216 valence electrons. The normalized spacial score (nSPS) is 18.1. The summed E-state index contributed by atoms with van der Waals surface area (Å²) in [5.41, 5.74) is 1.04. The molecule has 2 aromatic carbocycles. The van der Waals surface area contributed by atoms with Crippen molar-refractivity contribution >= 4 is 17.4 Å². The van der Waals surface area contributed by atoms with Crippen LogP contribution in [0.2, 0.25) is 0 Å². The summed E-state index contributed by atoms with van der Waals surface area (Å²) in [6.45, 7) is 12.3. The maximum Gasteiger partial charge on any atom is 0.295 e. The van der Waals surface area contributed by atoms with E-state index in [1.54, 1.807) is 37.4 Å². The van der Waals surface area contributed by atoms with Crippen LogP contribution >= 0.6 is 0 Å². The van der Waals surface area contributed by atoms with E-state index in [4.69, 9.17) is 18.9 Å². The quantitative estimate of drug-likeness (QED) is 0.231. The molecule has 2 aliphatic rings. The first-order chi connectivity index (χ1) is 19.3. The number of amides is 1. The van der Waals surface area contributed by atoms with Crippen LogP contribution in [-0.2, 0) is 9.59 Å². The second-order valence-electron chi connectivity index (χ2n) is 10.3. The van der Waals surface area contributed by atoms with Crippen molar-refractivity contribution in [3.63, 3.8) is 0 Å². The number of likely N-dealkylation sites (N-methyl/N-ethyl adjacent to an activating group) is 1. The summed E-state index contributed by atoms with van der Waals surface area (Å²) in [5.74, 6) is 0.983. The number of methoxy groups -OCH3 is 1. The van der Waals surface area contributed by atoms with Crippen molar-refractivity contribution in [1.82, 2.24) is 9.80 Å². The Morgan fingerprint density at radius 3 is 2.45 bits per heavy atom. The molecule has 0 unspecified atom stereocenters. The summed E-state index contributed by atoms with van der Waals surface area (Å²) < 4.78 is 22.9. The number of ketones is 1. The number of nitrogens with zero attached hydrogens (tertiary/aromatic N) is 2. The maximum absolute atomic E-state index is 13.5. The Hall–Kier alpha value is -3.72. The van der Waals surface area contributed by atoms with Crippen LogP contribution < -0.4 is 18.9 Å². The summed E-state index contributed by atoms with van der Waals surface area (Å²) >= 11 is 0. The van der Waals surface area contributed by atoms with E-state index < -0.39 is 17.7 Å². The van der Waals surface area contributed by atoms with E-state index in [1.165, 1.54) is 4.90 Å². The van der Waals surface area contributed by atoms with Crippen molar-refractivity contribution in [2.45, 2.75) is 40.2 Å². The van der Waals surface area contributed by atoms with Gasteiger partial charge in [0.15, 0.2) is 23.0 Å². The number of fused-ring (bicyclic) bond motifs is 1. The van der Waals surface area contributed by atoms with Gasteiger partial charge in [-0.15, -0.1) is 0 Å². The van der Waals surface area contributed by atoms with Gasteiger partial charge in [0.05, 0.1) is 25.3 Å². The van der Waals surface area contributed by atoms with Crippen molar-refractivity contribution < 1.29 is 33.6 Å². The minimum atomic E-state index is -0.803. The van der Waals surface area contributed by atoms with Crippen LogP contribution in [-0.4, -0.2) is 79.7 Å². The fourth-order valence-electron chi connectivity index (χ4n) is 4.97. The Labute approximate surface area is 236 Å². The van der Waals surface area contributed by atoms with Crippen molar-refractivity contribution in [2.75, 3.05) is 53.1 Å². The summed E-state index contributed by atoms with van der Waals surface area (Å²) in [6, 6.07) is 9.59. The lowest BCUT2D eigenvalue weighted by molar-refractivity contribution is -0.140. The fraction of sp³-hybridized carbons (Fsp3) is 0.484. The first-order valence-corrected chi connectivity index (χ1v) is 14.0. The van der Waals surface area contributed by atoms with Gasteiger partial charge < -0.3 is 33.9 Å². The number of hydrogen-bond donors (Lipinski definition) is 1. The SMILES string of the molecule is CCN(CC)CCN1C(=O)C(=O)C(=C(O)c2ccc3c(c2)OCCO3)[C@H]1c1ccc(OCCC(C)C)c(OC)c1. The van der Waals surface area contributed by atoms with Crippen LogP contribution in [0.5, 0.6) is 23.0 Å². The van der Waals surface area contributed by atoms with Crippen molar-refractivity contribution in [3.8, 4) is 23.0 Å². The van der Waals surface area contributed by atoms with Crippen LogP contribution in [0.1, 0.15) is 51.3 Å². The summed E-state index contributed by atoms with van der Waals surface area (Å²) in [4.78, 5) is 30.6. The van der Waals surface area contributed by atoms with Gasteiger partial charge in [-0.2, -0.15) is 0 Å². The lowest BCUT2D eigenvalue weighted by atomic mass is 9.94. The van der Waals surface area contributed by atoms with E-state index in [1.807, 2.05) is 6.07 Å². The van der Waals surface area contributed by atoms with E-state index >= 15 is 0 Å². The molecule has 1 atom stereocenters. The van der Waals surface area contributed by atoms with Gasteiger partial charge in [-0.25, -0.2) is 0 Å². The molecular formula is C31H40N2O7. The minimum absolute atomic E-state index is 0.0248. The van der Waals surface area contributed by atoms with Gasteiger partial charge in [0.2, 0.25) is 0 Å². The predicted molar refractivity (Wildman–Crippen MR) is 152 cm³/mol. The van der Waals surface area contributed by atoms with Gasteiger partial charge in [0.25, 0.3) is 11.7 Å². The molecule has 40 heavy (non-hydrogen) atoms. The van der Waals surface area contributed by atoms with Crippen LogP contribution in [0.3, 0.4) is 0 Å². The fourth-order valence-corrected chi connectivity index (χ4v) is 4.97. The third kappa shape index (κ3) is 6.20. The highest BCUT2D eigenvalue weighted by atomic mass is 16.6. The van der Waals surface area contributed by atoms with Gasteiger partial charge in [0.1, 0.15) is 19.0 Å². The molecule has 2 aliphatic heterocycles. The number of carbonyl (C=O) groups excluding carboxylic acids is 2. The van der Waals surface area contributed by atoms with E-state index in [2.05, 4.69) is 32.6 Å². The third-order valence-corrected chi connectivity index (χ3v) is 7.36. The molecule has 0 bridgehead atoms. The second-order valence-corrected chi connectivity index (χ2v) is 10.3. The van der Waals surface area contributed by atoms with Gasteiger partial charge in [-0.1, -0.05) is 33.8 Å². The molecule has 1 N–H and O–H groups in total. The Bertz CT molecular complexity index is 1250. The molecule has 0 aliphatic carbocycles. The number of ether oxygens (including phenoxy) is 4. The van der Waals surface area contributed by atoms with Gasteiger partial charge in [0, 0.05) is 18.7 Å². The molecule has 2 heterocycles. The zero-order valence-corrected chi connectivity index (χ0v) is 24.1. The first-order valence-electron chi connectivity index (χ1n) is 14.0. The number of aliphatic hydroxyl groups is 1. The number of likely N-dealkylation sites (tertiary alicyclic amines) is 1. The van der Waals surface area contributed by atoms with E-state index in [0.29, 0.717) is 73.0 Å². The number of Topliss-reactive ketones (excluding diaryl/α,β-unsaturated/α-hetero) is 1. The highest BCUT2D eigenvalue weighted by molar-refractivity contribution is 6.46. The largest absolute Gasteiger partial charge is 0.507 e. The van der Waals surface area contributed by atoms with Gasteiger partial charge >= 0.3 is 0 Å². The number of carbonyl (C=O) groups is 2. The monoisotopic (exact) mass is 552 g/mol. The van der Waals surface area contributed by atoms with E-state index in [0.717, 1.165) is 19.5 Å². The molecule has 2 aromatic rings. The van der Waals surface area contributed by atoms with Crippen molar-refractivity contribution in [2.24, 2.45) is 5.92 Å². The smallest absolute Gasteiger partial charge is 0.295 e. The van der Waals surface area contributed by atoms with Crippen molar-refractivity contribution in [3.05, 3.63) is 53.1 Å². The average molecular weight is 553 g/mol. The molecule has 0 aromatic heterocycles. The Kier molecular flexibility index (Phi) is 9.58. The topological polar surface area (TPSA) is 97.8 Å². The zero-order valence-electron chi connectivity index (χ0n) is 24.1. The van der Waals surface area contributed by atoms with E-state index in [-0.39, 0.29) is 11.3 Å². The van der Waals surface area contributed by atoms with Gasteiger partial charge in [-0.05, 0) is 61.3 Å². The highest BCUT2D eigenvalue weighted by Gasteiger charge is 2.46. The maximum atomic E-state index is 13.5. The summed E-state index contributed by atoms with van der Waals surface area (Å²) in [5, 5.41) is 11.5. The van der Waals surface area contributed by atoms with Crippen LogP contribution in [0.25, 0.3) is 5.76 Å². The predicted octanol–water partition coefficient (Wildman–Crippen LogP) is 4.65. The number of benzene rings is 2. The number of hydrogen-bond acceptors (Lipinski definition) is 8. The molecule has 0 spiro atoms. The second kappa shape index (κ2) is 13.1. The first kappa shape index (κ1) is 29.3. The van der Waals surface area contributed by atoms with E-state index in [9.17, 15) is 14.7 Å². The lowest BCUT2D eigenvalue weighted by Gasteiger charge is -2.28. The van der Waals surface area contributed by atoms with Gasteiger partial charge in [-0.3, -0.25) is 9.59 Å². The lowest BCUT2D eigenvalue weighted by Crippen LogP contribution is -2.38. The summed E-state index contributed by atoms with van der Waals surface area (Å²) in [6.07, 6.45) is 0.895. The molecular weight excluding hydrogens is 512 g/mol. The molecule has 1 amide bonds. The minimum Gasteiger partial charge on any atom is -0.507 e. The Morgan fingerprint density at radius 1 is 1.05 bits per heavy atom. The molecule has 0 radical (unpaired) electrons. The average Bonchev–Trinajstić information content (AvgIpc) is 3.22. The standard InChI is InChI=1S/C31H40N2O7/c1-6-32(7-2)13-14-33-28(21-8-10-23(25(18-21)37-5)38-15-12-20(3)4)27(30(35)31(33)36)29(34)22-9-11-24-26(19-22)40-17-16-39-24/h8-11,18-20,28,34H,6-7,12-17H2,1-5H3/t28-/m1/s1. The number of aliphatic hydroxyl groups excluding tert-OH is 1. The van der Waals surface area contributed by atoms with Crippen LogP contribution in [0.15, 0.2) is 42.0 Å². The molecule has 4 rings (SSSR count). The summed E-state index contributed by atoms with van der Waals surface area (Å²) in [7, 11) is 1.56. The van der Waals surface area contributed by atoms with Crippen LogP contribution in [0.4, 0.5) is 0 Å². The number of rotatable bonds is 12. The molecule has 1 fully saturated rings. The molecule has 1 saturated heterocycles. The molecule has 9 heteroatoms. The van der Waals surface area contributed by atoms with Crippen molar-refractivity contribution in [1.29, 1.82) is 0 Å². The van der Waals surface area contributed by atoms with Crippen LogP contribution in [0, 0.1) is 5.92 Å². The molecule has 9 nitrogen and oxygen atoms in total.